The van der Waals surface area contributed by atoms with E-state index in [9.17, 15) is 12.8 Å². The van der Waals surface area contributed by atoms with E-state index < -0.39 is 10.0 Å². The van der Waals surface area contributed by atoms with Crippen LogP contribution in [0.25, 0.3) is 0 Å². The van der Waals surface area contributed by atoms with Gasteiger partial charge in [-0.3, -0.25) is 4.99 Å². The number of rotatable bonds is 8. The molecule has 1 aliphatic heterocycles. The van der Waals surface area contributed by atoms with Gasteiger partial charge < -0.3 is 10.6 Å². The van der Waals surface area contributed by atoms with Crippen molar-refractivity contribution in [2.75, 3.05) is 45.2 Å². The van der Waals surface area contributed by atoms with Gasteiger partial charge in [-0.1, -0.05) is 0 Å². The molecule has 1 saturated heterocycles. The summed E-state index contributed by atoms with van der Waals surface area (Å²) in [6.07, 6.45) is 3.97. The van der Waals surface area contributed by atoms with Gasteiger partial charge in [0.15, 0.2) is 5.96 Å². The Morgan fingerprint density at radius 1 is 1.25 bits per heavy atom. The van der Waals surface area contributed by atoms with Crippen molar-refractivity contribution in [2.45, 2.75) is 24.2 Å². The van der Waals surface area contributed by atoms with Crippen LogP contribution in [0.2, 0.25) is 0 Å². The van der Waals surface area contributed by atoms with Crippen LogP contribution in [0.3, 0.4) is 0 Å². The van der Waals surface area contributed by atoms with Crippen LogP contribution in [0.4, 0.5) is 4.39 Å². The normalized spacial score (nSPS) is 16.5. The molecule has 6 nitrogen and oxygen atoms in total. The first-order valence-corrected chi connectivity index (χ1v) is 12.0. The Bertz CT molecular complexity index is 709. The van der Waals surface area contributed by atoms with Crippen molar-refractivity contribution < 1.29 is 12.8 Å². The lowest BCUT2D eigenvalue weighted by Crippen LogP contribution is -2.44. The van der Waals surface area contributed by atoms with Crippen LogP contribution in [0.1, 0.15) is 19.3 Å². The predicted octanol–water partition coefficient (Wildman–Crippen LogP) is 2.76. The highest BCUT2D eigenvalue weighted by molar-refractivity contribution is 14.0. The second kappa shape index (κ2) is 12.9. The Labute approximate surface area is 189 Å². The summed E-state index contributed by atoms with van der Waals surface area (Å²) >= 11 is 1.71. The molecule has 2 rings (SSSR count). The predicted molar refractivity (Wildman–Crippen MR) is 126 cm³/mol. The summed E-state index contributed by atoms with van der Waals surface area (Å²) < 4.78 is 37.5. The molecular weight excluding hydrogens is 514 g/mol. The van der Waals surface area contributed by atoms with Crippen LogP contribution in [0, 0.1) is 11.7 Å². The van der Waals surface area contributed by atoms with Crippen molar-refractivity contribution in [3.05, 3.63) is 30.1 Å². The molecule has 2 N–H and O–H groups in total. The van der Waals surface area contributed by atoms with Gasteiger partial charge in [-0.05, 0) is 55.2 Å². The average molecular weight is 545 g/mol. The quantitative estimate of drug-likeness (QED) is 0.173. The Hall–Kier alpha value is -0.590. The fourth-order valence-electron chi connectivity index (χ4n) is 2.91. The Morgan fingerprint density at radius 2 is 1.89 bits per heavy atom. The molecule has 0 amide bonds. The second-order valence-corrected chi connectivity index (χ2v) is 9.79. The van der Waals surface area contributed by atoms with E-state index in [-0.39, 0.29) is 29.8 Å². The number of sulfonamides is 1. The highest BCUT2D eigenvalue weighted by Gasteiger charge is 2.24. The summed E-state index contributed by atoms with van der Waals surface area (Å²) in [6.45, 7) is 2.79. The van der Waals surface area contributed by atoms with Crippen molar-refractivity contribution >= 4 is 51.7 Å². The van der Waals surface area contributed by atoms with E-state index in [0.29, 0.717) is 19.0 Å². The standard InChI is InChI=1S/C18H29FN4O2S2.HI/c1-20-18(21-10-3-13-26-17-6-4-16(19)5-7-17)22-14-15-8-11-23(12-9-15)27(2,24)25;/h4-7,15H,3,8-14H2,1-2H3,(H2,20,21,22);1H. The number of thioether (sulfide) groups is 1. The monoisotopic (exact) mass is 544 g/mol. The molecule has 1 aliphatic rings. The molecule has 1 aromatic rings. The van der Waals surface area contributed by atoms with Gasteiger partial charge in [-0.25, -0.2) is 17.1 Å². The maximum Gasteiger partial charge on any atom is 0.211 e. The molecule has 0 atom stereocenters. The van der Waals surface area contributed by atoms with Gasteiger partial charge >= 0.3 is 0 Å². The van der Waals surface area contributed by atoms with Gasteiger partial charge in [0, 0.05) is 38.1 Å². The summed E-state index contributed by atoms with van der Waals surface area (Å²) in [6, 6.07) is 6.55. The second-order valence-electron chi connectivity index (χ2n) is 6.64. The van der Waals surface area contributed by atoms with E-state index in [1.807, 2.05) is 0 Å². The molecule has 0 spiro atoms. The Balaban J connectivity index is 0.00000392. The fourth-order valence-corrected chi connectivity index (χ4v) is 4.63. The van der Waals surface area contributed by atoms with Crippen LogP contribution in [-0.2, 0) is 10.0 Å². The summed E-state index contributed by atoms with van der Waals surface area (Å²) in [4.78, 5) is 5.30. The molecule has 160 valence electrons. The number of halogens is 2. The average Bonchev–Trinajstić information content (AvgIpc) is 2.65. The van der Waals surface area contributed by atoms with Gasteiger partial charge in [0.05, 0.1) is 6.26 Å². The van der Waals surface area contributed by atoms with Gasteiger partial charge in [-0.2, -0.15) is 0 Å². The first-order valence-electron chi connectivity index (χ1n) is 9.16. The number of nitrogens with zero attached hydrogens (tertiary/aromatic N) is 2. The molecule has 0 radical (unpaired) electrons. The summed E-state index contributed by atoms with van der Waals surface area (Å²) in [7, 11) is -1.32. The zero-order chi connectivity index (χ0) is 19.7. The third-order valence-corrected chi connectivity index (χ3v) is 6.92. The topological polar surface area (TPSA) is 73.8 Å². The van der Waals surface area contributed by atoms with E-state index in [1.54, 1.807) is 35.2 Å². The highest BCUT2D eigenvalue weighted by Crippen LogP contribution is 2.19. The SMILES string of the molecule is CN=C(NCCCSc1ccc(F)cc1)NCC1CCN(S(C)(=O)=O)CC1.I. The highest BCUT2D eigenvalue weighted by atomic mass is 127. The Kier molecular flexibility index (Phi) is 11.7. The molecule has 1 fully saturated rings. The molecule has 1 heterocycles. The van der Waals surface area contributed by atoms with E-state index in [2.05, 4.69) is 15.6 Å². The van der Waals surface area contributed by atoms with E-state index in [4.69, 9.17) is 0 Å². The van der Waals surface area contributed by atoms with Crippen molar-refractivity contribution in [1.29, 1.82) is 0 Å². The number of guanidine groups is 1. The van der Waals surface area contributed by atoms with E-state index in [1.165, 1.54) is 18.4 Å². The Morgan fingerprint density at radius 3 is 2.46 bits per heavy atom. The van der Waals surface area contributed by atoms with Crippen molar-refractivity contribution in [3.63, 3.8) is 0 Å². The van der Waals surface area contributed by atoms with E-state index >= 15 is 0 Å². The maximum atomic E-state index is 12.9. The molecule has 0 aromatic heterocycles. The molecule has 0 unspecified atom stereocenters. The van der Waals surface area contributed by atoms with Crippen molar-refractivity contribution in [3.8, 4) is 0 Å². The van der Waals surface area contributed by atoms with Crippen LogP contribution in [-0.4, -0.2) is 63.9 Å². The molecule has 1 aromatic carbocycles. The summed E-state index contributed by atoms with van der Waals surface area (Å²) in [5.41, 5.74) is 0. The number of hydrogen-bond acceptors (Lipinski definition) is 4. The lowest BCUT2D eigenvalue weighted by atomic mass is 9.98. The van der Waals surface area contributed by atoms with Crippen molar-refractivity contribution in [2.24, 2.45) is 10.9 Å². The molecule has 10 heteroatoms. The number of piperidine rings is 1. The first kappa shape index (κ1) is 25.4. The molecule has 0 bridgehead atoms. The van der Waals surface area contributed by atoms with Gasteiger partial charge in [-0.15, -0.1) is 35.7 Å². The van der Waals surface area contributed by atoms with Crippen molar-refractivity contribution in [1.82, 2.24) is 14.9 Å². The number of aliphatic imine (C=N–C) groups is 1. The van der Waals surface area contributed by atoms with Crippen LogP contribution in [0.5, 0.6) is 0 Å². The minimum atomic E-state index is -3.07. The maximum absolute atomic E-state index is 12.9. The molecule has 0 saturated carbocycles. The van der Waals surface area contributed by atoms with Gasteiger partial charge in [0.2, 0.25) is 10.0 Å². The number of nitrogens with one attached hydrogen (secondary N) is 2. The minimum absolute atomic E-state index is 0. The molecule has 0 aliphatic carbocycles. The number of benzene rings is 1. The van der Waals surface area contributed by atoms with Crippen LogP contribution >= 0.6 is 35.7 Å². The third-order valence-electron chi connectivity index (χ3n) is 4.52. The fraction of sp³-hybridized carbons (Fsp3) is 0.611. The molecular formula is C18H30FIN4O2S2. The van der Waals surface area contributed by atoms with Gasteiger partial charge in [0.25, 0.3) is 0 Å². The van der Waals surface area contributed by atoms with Gasteiger partial charge in [0.1, 0.15) is 5.82 Å². The minimum Gasteiger partial charge on any atom is -0.356 e. The summed E-state index contributed by atoms with van der Waals surface area (Å²) in [5, 5.41) is 6.63. The largest absolute Gasteiger partial charge is 0.356 e. The zero-order valence-corrected chi connectivity index (χ0v) is 20.3. The van der Waals surface area contributed by atoms with Crippen LogP contribution in [0.15, 0.2) is 34.2 Å². The van der Waals surface area contributed by atoms with Crippen LogP contribution < -0.4 is 10.6 Å². The lowest BCUT2D eigenvalue weighted by molar-refractivity contribution is 0.275. The smallest absolute Gasteiger partial charge is 0.211 e. The summed E-state index contributed by atoms with van der Waals surface area (Å²) in [5.74, 6) is 1.96. The number of hydrogen-bond donors (Lipinski definition) is 2. The first-order chi connectivity index (χ1) is 12.9. The zero-order valence-electron chi connectivity index (χ0n) is 16.4. The molecule has 28 heavy (non-hydrogen) atoms. The van der Waals surface area contributed by atoms with E-state index in [0.717, 1.165) is 49.0 Å². The third kappa shape index (κ3) is 9.27. The lowest BCUT2D eigenvalue weighted by Gasteiger charge is -2.30.